The fraction of sp³-hybridized carbons (Fsp3) is 0. The van der Waals surface area contributed by atoms with E-state index >= 15 is 0 Å². The predicted octanol–water partition coefficient (Wildman–Crippen LogP) is 5.36. The predicted molar refractivity (Wildman–Crippen MR) is 106 cm³/mol. The topological polar surface area (TPSA) is 46.0 Å². The van der Waals surface area contributed by atoms with Gasteiger partial charge in [0, 0.05) is 9.75 Å². The third-order valence-electron chi connectivity index (χ3n) is 3.75. The van der Waals surface area contributed by atoms with Crippen LogP contribution in [0.25, 0.3) is 21.8 Å². The highest BCUT2D eigenvalue weighted by atomic mass is 32.1. The lowest BCUT2D eigenvalue weighted by atomic mass is 10.2. The molecule has 4 nitrogen and oxygen atoms in total. The van der Waals surface area contributed by atoms with E-state index in [2.05, 4.69) is 27.4 Å². The molecule has 0 saturated carbocycles. The Bertz CT molecular complexity index is 1130. The van der Waals surface area contributed by atoms with Crippen LogP contribution in [0.15, 0.2) is 71.8 Å². The normalized spacial score (nSPS) is 11.3. The average molecular weight is 380 g/mol. The van der Waals surface area contributed by atoms with Crippen LogP contribution in [0.5, 0.6) is 0 Å². The number of thiophene rings is 1. The van der Waals surface area contributed by atoms with E-state index in [4.69, 9.17) is 12.2 Å². The van der Waals surface area contributed by atoms with Crippen molar-refractivity contribution in [3.8, 4) is 21.8 Å². The highest BCUT2D eigenvalue weighted by Gasteiger charge is 2.12. The summed E-state index contributed by atoms with van der Waals surface area (Å²) >= 11 is 6.84. The summed E-state index contributed by atoms with van der Waals surface area (Å²) in [5.41, 5.74) is 1.50. The van der Waals surface area contributed by atoms with Crippen LogP contribution in [0.3, 0.4) is 0 Å². The van der Waals surface area contributed by atoms with Gasteiger partial charge in [-0.1, -0.05) is 42.5 Å². The molecule has 2 heterocycles. The van der Waals surface area contributed by atoms with Crippen molar-refractivity contribution in [2.75, 3.05) is 0 Å². The first-order chi connectivity index (χ1) is 12.7. The van der Waals surface area contributed by atoms with E-state index in [0.717, 1.165) is 15.3 Å². The van der Waals surface area contributed by atoms with Gasteiger partial charge in [-0.15, -0.1) is 11.3 Å². The number of rotatable bonds is 4. The van der Waals surface area contributed by atoms with E-state index in [1.807, 2.05) is 30.3 Å². The summed E-state index contributed by atoms with van der Waals surface area (Å²) in [5.74, 6) is -0.0374. The van der Waals surface area contributed by atoms with E-state index in [0.29, 0.717) is 16.2 Å². The van der Waals surface area contributed by atoms with E-state index < -0.39 is 0 Å². The van der Waals surface area contributed by atoms with Gasteiger partial charge in [0.1, 0.15) is 5.82 Å². The molecule has 7 heteroatoms. The number of aromatic amines is 1. The number of hydrogen-bond donors (Lipinski definition) is 1. The summed E-state index contributed by atoms with van der Waals surface area (Å²) in [6, 6.07) is 20.6. The Hall–Kier alpha value is -2.90. The number of aromatic nitrogens is 3. The van der Waals surface area contributed by atoms with Crippen LogP contribution >= 0.6 is 23.6 Å². The molecule has 2 aromatic carbocycles. The zero-order valence-electron chi connectivity index (χ0n) is 13.5. The van der Waals surface area contributed by atoms with Crippen molar-refractivity contribution in [2.45, 2.75) is 0 Å². The van der Waals surface area contributed by atoms with Gasteiger partial charge in [0.05, 0.1) is 11.8 Å². The van der Waals surface area contributed by atoms with Gasteiger partial charge < -0.3 is 0 Å². The SMILES string of the molecule is Fc1ccccc1-c1n[nH]c(=S)n1/N=C\c1ccc(-c2ccccc2)s1. The zero-order chi connectivity index (χ0) is 17.9. The van der Waals surface area contributed by atoms with Gasteiger partial charge in [0.2, 0.25) is 4.77 Å². The number of H-pyrrole nitrogens is 1. The van der Waals surface area contributed by atoms with Crippen molar-refractivity contribution < 1.29 is 4.39 Å². The fourth-order valence-corrected chi connectivity index (χ4v) is 3.57. The lowest BCUT2D eigenvalue weighted by Gasteiger charge is -2.01. The summed E-state index contributed by atoms with van der Waals surface area (Å²) in [5, 5.41) is 11.2. The van der Waals surface area contributed by atoms with Crippen LogP contribution in [-0.4, -0.2) is 21.1 Å². The number of halogens is 1. The van der Waals surface area contributed by atoms with Crippen molar-refractivity contribution in [3.63, 3.8) is 0 Å². The van der Waals surface area contributed by atoms with Crippen molar-refractivity contribution >= 4 is 29.8 Å². The minimum Gasteiger partial charge on any atom is -0.250 e. The van der Waals surface area contributed by atoms with Gasteiger partial charge in [0.15, 0.2) is 5.82 Å². The number of benzene rings is 2. The van der Waals surface area contributed by atoms with E-state index in [1.54, 1.807) is 35.8 Å². The molecule has 4 aromatic rings. The molecule has 128 valence electrons. The summed E-state index contributed by atoms with van der Waals surface area (Å²) in [4.78, 5) is 2.11. The Kier molecular flexibility index (Phi) is 4.55. The van der Waals surface area contributed by atoms with Crippen LogP contribution in [0.2, 0.25) is 0 Å². The first kappa shape index (κ1) is 16.6. The third kappa shape index (κ3) is 3.26. The molecule has 0 spiro atoms. The lowest BCUT2D eigenvalue weighted by molar-refractivity contribution is 0.628. The van der Waals surface area contributed by atoms with Crippen LogP contribution in [0.1, 0.15) is 4.88 Å². The minimum atomic E-state index is -0.375. The van der Waals surface area contributed by atoms with Crippen molar-refractivity contribution in [1.29, 1.82) is 0 Å². The monoisotopic (exact) mass is 380 g/mol. The molecule has 0 atom stereocenters. The average Bonchev–Trinajstić information content (AvgIpc) is 3.28. The quantitative estimate of drug-likeness (QED) is 0.383. The van der Waals surface area contributed by atoms with Crippen LogP contribution < -0.4 is 0 Å². The lowest BCUT2D eigenvalue weighted by Crippen LogP contribution is -1.96. The van der Waals surface area contributed by atoms with Gasteiger partial charge in [-0.3, -0.25) is 0 Å². The van der Waals surface area contributed by atoms with Gasteiger partial charge >= 0.3 is 0 Å². The zero-order valence-corrected chi connectivity index (χ0v) is 15.1. The van der Waals surface area contributed by atoms with Crippen LogP contribution in [-0.2, 0) is 0 Å². The summed E-state index contributed by atoms with van der Waals surface area (Å²) < 4.78 is 15.8. The summed E-state index contributed by atoms with van der Waals surface area (Å²) in [7, 11) is 0. The molecule has 0 unspecified atom stereocenters. The maximum atomic E-state index is 14.1. The first-order valence-electron chi connectivity index (χ1n) is 7.84. The van der Waals surface area contributed by atoms with Gasteiger partial charge in [-0.05, 0) is 42.0 Å². The highest BCUT2D eigenvalue weighted by Crippen LogP contribution is 2.27. The molecule has 0 aliphatic carbocycles. The Morgan fingerprint density at radius 3 is 2.62 bits per heavy atom. The van der Waals surface area contributed by atoms with Gasteiger partial charge in [-0.2, -0.15) is 14.9 Å². The van der Waals surface area contributed by atoms with Crippen molar-refractivity contribution in [1.82, 2.24) is 14.9 Å². The number of hydrogen-bond acceptors (Lipinski definition) is 4. The molecule has 4 rings (SSSR count). The van der Waals surface area contributed by atoms with E-state index in [-0.39, 0.29) is 5.82 Å². The first-order valence-corrected chi connectivity index (χ1v) is 9.07. The van der Waals surface area contributed by atoms with E-state index in [1.165, 1.54) is 10.7 Å². The Balaban J connectivity index is 1.67. The van der Waals surface area contributed by atoms with Crippen LogP contribution in [0.4, 0.5) is 4.39 Å². The molecule has 0 aliphatic heterocycles. The molecular weight excluding hydrogens is 367 g/mol. The molecule has 0 amide bonds. The second-order valence-corrected chi connectivity index (χ2v) is 6.96. The second kappa shape index (κ2) is 7.15. The van der Waals surface area contributed by atoms with Gasteiger partial charge in [-0.25, -0.2) is 9.49 Å². The molecule has 0 fully saturated rings. The molecule has 2 aromatic heterocycles. The summed E-state index contributed by atoms with van der Waals surface area (Å²) in [6.45, 7) is 0. The highest BCUT2D eigenvalue weighted by molar-refractivity contribution is 7.71. The molecule has 0 saturated heterocycles. The van der Waals surface area contributed by atoms with Crippen molar-refractivity contribution in [2.24, 2.45) is 5.10 Å². The Morgan fingerprint density at radius 2 is 1.81 bits per heavy atom. The van der Waals surface area contributed by atoms with E-state index in [9.17, 15) is 4.39 Å². The molecule has 0 bridgehead atoms. The molecule has 26 heavy (non-hydrogen) atoms. The Labute approximate surface area is 158 Å². The van der Waals surface area contributed by atoms with Crippen molar-refractivity contribution in [3.05, 3.63) is 82.2 Å². The second-order valence-electron chi connectivity index (χ2n) is 5.46. The third-order valence-corrected chi connectivity index (χ3v) is 5.08. The maximum absolute atomic E-state index is 14.1. The molecular formula is C19H13FN4S2. The van der Waals surface area contributed by atoms with Gasteiger partial charge in [0.25, 0.3) is 0 Å². The molecule has 1 N–H and O–H groups in total. The Morgan fingerprint density at radius 1 is 1.04 bits per heavy atom. The van der Waals surface area contributed by atoms with Crippen LogP contribution in [0, 0.1) is 10.6 Å². The smallest absolute Gasteiger partial charge is 0.216 e. The molecule has 0 aliphatic rings. The number of nitrogens with zero attached hydrogens (tertiary/aromatic N) is 3. The standard InChI is InChI=1S/C19H13FN4S2/c20-16-9-5-4-8-15(16)18-22-23-19(25)24(18)21-12-14-10-11-17(26-14)13-6-2-1-3-7-13/h1-12H,(H,23,25)/b21-12-. The number of nitrogens with one attached hydrogen (secondary N) is 1. The largest absolute Gasteiger partial charge is 0.250 e. The summed E-state index contributed by atoms with van der Waals surface area (Å²) in [6.07, 6.45) is 1.70. The minimum absolute atomic E-state index is 0.305. The molecule has 0 radical (unpaired) electrons. The fourth-order valence-electron chi connectivity index (χ4n) is 2.51. The maximum Gasteiger partial charge on any atom is 0.216 e.